The number of nitrogens with two attached hydrogens (primary N) is 1. The van der Waals surface area contributed by atoms with Crippen LogP contribution in [0.3, 0.4) is 0 Å². The van der Waals surface area contributed by atoms with Crippen molar-refractivity contribution in [3.8, 4) is 0 Å². The first-order chi connectivity index (χ1) is 7.68. The number of halogens is 1. The van der Waals surface area contributed by atoms with E-state index in [9.17, 15) is 0 Å². The van der Waals surface area contributed by atoms with Gasteiger partial charge in [0.05, 0.1) is 11.0 Å². The quantitative estimate of drug-likeness (QED) is 0.870. The standard InChI is InChI=1S/C12H15BrN2S/c13-10-5-2-1-4-9(10)8-15-7-3-6-11(15)12(14)16/h1-2,4-5,11H,3,6-8H2,(H2,14,16). The summed E-state index contributed by atoms with van der Waals surface area (Å²) >= 11 is 8.68. The zero-order valence-corrected chi connectivity index (χ0v) is 11.4. The van der Waals surface area contributed by atoms with Crippen LogP contribution in [-0.4, -0.2) is 22.5 Å². The molecule has 0 aliphatic carbocycles. The third-order valence-electron chi connectivity index (χ3n) is 3.02. The molecule has 0 amide bonds. The predicted octanol–water partition coefficient (Wildman–Crippen LogP) is 2.70. The van der Waals surface area contributed by atoms with Crippen molar-refractivity contribution in [3.05, 3.63) is 34.3 Å². The number of nitrogens with zero attached hydrogens (tertiary/aromatic N) is 1. The van der Waals surface area contributed by atoms with Crippen molar-refractivity contribution in [1.29, 1.82) is 0 Å². The lowest BCUT2D eigenvalue weighted by molar-refractivity contribution is 0.295. The van der Waals surface area contributed by atoms with E-state index in [4.69, 9.17) is 18.0 Å². The molecular formula is C12H15BrN2S. The monoisotopic (exact) mass is 298 g/mol. The molecular weight excluding hydrogens is 284 g/mol. The Kier molecular flexibility index (Phi) is 3.95. The molecule has 1 aliphatic rings. The van der Waals surface area contributed by atoms with Crippen LogP contribution in [0.4, 0.5) is 0 Å². The molecule has 86 valence electrons. The van der Waals surface area contributed by atoms with Crippen molar-refractivity contribution in [2.45, 2.75) is 25.4 Å². The predicted molar refractivity (Wildman–Crippen MR) is 74.4 cm³/mol. The number of rotatable bonds is 3. The normalized spacial score (nSPS) is 21.2. The van der Waals surface area contributed by atoms with Gasteiger partial charge in [0.1, 0.15) is 0 Å². The van der Waals surface area contributed by atoms with Gasteiger partial charge in [0.2, 0.25) is 0 Å². The Morgan fingerprint density at radius 2 is 2.25 bits per heavy atom. The highest BCUT2D eigenvalue weighted by molar-refractivity contribution is 9.10. The average molecular weight is 299 g/mol. The van der Waals surface area contributed by atoms with Gasteiger partial charge in [-0.05, 0) is 31.0 Å². The summed E-state index contributed by atoms with van der Waals surface area (Å²) in [4.78, 5) is 2.99. The number of likely N-dealkylation sites (tertiary alicyclic amines) is 1. The Balaban J connectivity index is 2.10. The maximum Gasteiger partial charge on any atom is 0.0902 e. The Morgan fingerprint density at radius 3 is 2.94 bits per heavy atom. The number of thiocarbonyl (C=S) groups is 1. The van der Waals surface area contributed by atoms with Gasteiger partial charge in [-0.1, -0.05) is 46.3 Å². The highest BCUT2D eigenvalue weighted by atomic mass is 79.9. The molecule has 1 heterocycles. The Hall–Kier alpha value is -0.450. The first-order valence-corrected chi connectivity index (χ1v) is 6.65. The molecule has 2 N–H and O–H groups in total. The molecule has 2 rings (SSSR count). The Labute approximate surface area is 110 Å². The maximum absolute atomic E-state index is 5.76. The lowest BCUT2D eigenvalue weighted by Gasteiger charge is -2.23. The molecule has 0 radical (unpaired) electrons. The molecule has 0 bridgehead atoms. The van der Waals surface area contributed by atoms with Gasteiger partial charge in [-0.25, -0.2) is 0 Å². The molecule has 1 unspecified atom stereocenters. The van der Waals surface area contributed by atoms with E-state index in [1.807, 2.05) is 6.07 Å². The van der Waals surface area contributed by atoms with Crippen LogP contribution >= 0.6 is 28.1 Å². The highest BCUT2D eigenvalue weighted by Gasteiger charge is 2.26. The third kappa shape index (κ3) is 2.62. The topological polar surface area (TPSA) is 29.3 Å². The van der Waals surface area contributed by atoms with Crippen molar-refractivity contribution in [3.63, 3.8) is 0 Å². The van der Waals surface area contributed by atoms with Gasteiger partial charge in [0.25, 0.3) is 0 Å². The summed E-state index contributed by atoms with van der Waals surface area (Å²) in [7, 11) is 0. The summed E-state index contributed by atoms with van der Waals surface area (Å²) in [6.07, 6.45) is 2.28. The van der Waals surface area contributed by atoms with Crippen molar-refractivity contribution < 1.29 is 0 Å². The summed E-state index contributed by atoms with van der Waals surface area (Å²) in [5, 5.41) is 0. The molecule has 1 atom stereocenters. The Bertz CT molecular complexity index is 394. The fraction of sp³-hybridized carbons (Fsp3) is 0.417. The summed E-state index contributed by atoms with van der Waals surface area (Å²) in [5.74, 6) is 0. The van der Waals surface area contributed by atoms with Crippen molar-refractivity contribution >= 4 is 33.1 Å². The smallest absolute Gasteiger partial charge is 0.0902 e. The molecule has 0 saturated carbocycles. The van der Waals surface area contributed by atoms with Gasteiger partial charge < -0.3 is 5.73 Å². The average Bonchev–Trinajstić information content (AvgIpc) is 2.69. The SMILES string of the molecule is NC(=S)C1CCCN1Cc1ccccc1Br. The van der Waals surface area contributed by atoms with E-state index in [1.54, 1.807) is 0 Å². The largest absolute Gasteiger partial charge is 0.392 e. The van der Waals surface area contributed by atoms with E-state index >= 15 is 0 Å². The number of benzene rings is 1. The minimum Gasteiger partial charge on any atom is -0.392 e. The second-order valence-electron chi connectivity index (χ2n) is 4.12. The first-order valence-electron chi connectivity index (χ1n) is 5.45. The molecule has 16 heavy (non-hydrogen) atoms. The number of hydrogen-bond donors (Lipinski definition) is 1. The van der Waals surface area contributed by atoms with Gasteiger partial charge in [-0.15, -0.1) is 0 Å². The summed E-state index contributed by atoms with van der Waals surface area (Å²) in [5.41, 5.74) is 7.05. The van der Waals surface area contributed by atoms with Crippen molar-refractivity contribution in [2.75, 3.05) is 6.54 Å². The Morgan fingerprint density at radius 1 is 1.50 bits per heavy atom. The molecule has 1 fully saturated rings. The van der Waals surface area contributed by atoms with E-state index in [2.05, 4.69) is 39.0 Å². The molecule has 1 aliphatic heterocycles. The van der Waals surface area contributed by atoms with Gasteiger partial charge >= 0.3 is 0 Å². The molecule has 0 spiro atoms. The fourth-order valence-corrected chi connectivity index (χ4v) is 2.86. The van der Waals surface area contributed by atoms with E-state index in [0.29, 0.717) is 4.99 Å². The summed E-state index contributed by atoms with van der Waals surface area (Å²) < 4.78 is 1.16. The van der Waals surface area contributed by atoms with Gasteiger partial charge in [0.15, 0.2) is 0 Å². The molecule has 1 saturated heterocycles. The van der Waals surface area contributed by atoms with Crippen molar-refractivity contribution in [2.24, 2.45) is 5.73 Å². The van der Waals surface area contributed by atoms with Crippen molar-refractivity contribution in [1.82, 2.24) is 4.90 Å². The van der Waals surface area contributed by atoms with Crippen LogP contribution in [0.25, 0.3) is 0 Å². The third-order valence-corrected chi connectivity index (χ3v) is 4.07. The minimum absolute atomic E-state index is 0.280. The van der Waals surface area contributed by atoms with Gasteiger partial charge in [0, 0.05) is 11.0 Å². The van der Waals surface area contributed by atoms with Gasteiger partial charge in [-0.2, -0.15) is 0 Å². The molecule has 0 aromatic heterocycles. The first kappa shape index (κ1) is 12.0. The lowest BCUT2D eigenvalue weighted by Crippen LogP contribution is -2.38. The van der Waals surface area contributed by atoms with Crippen LogP contribution < -0.4 is 5.73 Å². The highest BCUT2D eigenvalue weighted by Crippen LogP contribution is 2.23. The van der Waals surface area contributed by atoms with Crippen LogP contribution in [0.2, 0.25) is 0 Å². The van der Waals surface area contributed by atoms with E-state index < -0.39 is 0 Å². The van der Waals surface area contributed by atoms with E-state index in [0.717, 1.165) is 24.0 Å². The molecule has 1 aromatic carbocycles. The summed E-state index contributed by atoms with van der Waals surface area (Å²) in [6.45, 7) is 2.01. The second kappa shape index (κ2) is 5.25. The zero-order chi connectivity index (χ0) is 11.5. The van der Waals surface area contributed by atoms with E-state index in [1.165, 1.54) is 12.0 Å². The lowest BCUT2D eigenvalue weighted by atomic mass is 10.2. The van der Waals surface area contributed by atoms with Crippen LogP contribution in [0.5, 0.6) is 0 Å². The maximum atomic E-state index is 5.76. The van der Waals surface area contributed by atoms with Crippen LogP contribution in [0, 0.1) is 0 Å². The fourth-order valence-electron chi connectivity index (χ4n) is 2.18. The van der Waals surface area contributed by atoms with Crippen LogP contribution in [0.15, 0.2) is 28.7 Å². The second-order valence-corrected chi connectivity index (χ2v) is 5.45. The minimum atomic E-state index is 0.280. The molecule has 4 heteroatoms. The molecule has 2 nitrogen and oxygen atoms in total. The number of hydrogen-bond acceptors (Lipinski definition) is 2. The molecule has 1 aromatic rings. The van der Waals surface area contributed by atoms with E-state index in [-0.39, 0.29) is 6.04 Å². The van der Waals surface area contributed by atoms with Crippen LogP contribution in [-0.2, 0) is 6.54 Å². The van der Waals surface area contributed by atoms with Crippen LogP contribution in [0.1, 0.15) is 18.4 Å². The summed E-state index contributed by atoms with van der Waals surface area (Å²) in [6, 6.07) is 8.58. The zero-order valence-electron chi connectivity index (χ0n) is 9.03. The van der Waals surface area contributed by atoms with Gasteiger partial charge in [-0.3, -0.25) is 4.90 Å².